The standard InChI is InChI=1S/C16H18N6O2.C8H10FN/c23-10-17-14-8-18-21-15(14)16-19-12-2-1-11(7-13(12)20-16)9-22-3-5-24-6-4-22;1-6-4-3-5-7(9)8(6)10-2/h1-2,7-8,10H,3-6,9H2,(H,17,23)(H,18,21)(H,19,20);3-5,10H,1-2H3. The zero-order chi connectivity index (χ0) is 23.9. The molecule has 1 amide bonds. The Kier molecular flexibility index (Phi) is 7.51. The van der Waals surface area contributed by atoms with Gasteiger partial charge < -0.3 is 20.4 Å². The monoisotopic (exact) mass is 465 g/mol. The van der Waals surface area contributed by atoms with E-state index in [-0.39, 0.29) is 5.82 Å². The van der Waals surface area contributed by atoms with Crippen LogP contribution in [0.5, 0.6) is 0 Å². The number of nitrogens with one attached hydrogen (secondary N) is 4. The molecule has 1 aliphatic heterocycles. The fourth-order valence-electron chi connectivity index (χ4n) is 3.88. The Balaban J connectivity index is 0.000000231. The van der Waals surface area contributed by atoms with Crippen molar-refractivity contribution in [2.45, 2.75) is 13.5 Å². The second-order valence-electron chi connectivity index (χ2n) is 7.93. The van der Waals surface area contributed by atoms with Crippen molar-refractivity contribution in [1.82, 2.24) is 25.1 Å². The van der Waals surface area contributed by atoms with Crippen molar-refractivity contribution in [3.05, 3.63) is 59.5 Å². The third-order valence-electron chi connectivity index (χ3n) is 5.62. The second-order valence-corrected chi connectivity index (χ2v) is 7.93. The van der Waals surface area contributed by atoms with Crippen molar-refractivity contribution >= 4 is 28.8 Å². The molecule has 9 nitrogen and oxygen atoms in total. The largest absolute Gasteiger partial charge is 0.386 e. The summed E-state index contributed by atoms with van der Waals surface area (Å²) in [5, 5.41) is 12.2. The van der Waals surface area contributed by atoms with E-state index < -0.39 is 0 Å². The van der Waals surface area contributed by atoms with Crippen LogP contribution in [0, 0.1) is 12.7 Å². The van der Waals surface area contributed by atoms with E-state index in [0.29, 0.717) is 29.3 Å². The summed E-state index contributed by atoms with van der Waals surface area (Å²) in [5.41, 5.74) is 5.84. The van der Waals surface area contributed by atoms with E-state index in [4.69, 9.17) is 4.74 Å². The molecule has 1 fully saturated rings. The number of carbonyl (C=O) groups excluding carboxylic acids is 1. The molecule has 0 radical (unpaired) electrons. The lowest BCUT2D eigenvalue weighted by Gasteiger charge is -2.26. The molecule has 1 saturated heterocycles. The van der Waals surface area contributed by atoms with E-state index >= 15 is 0 Å². The summed E-state index contributed by atoms with van der Waals surface area (Å²) in [5.74, 6) is 0.456. The molecule has 0 saturated carbocycles. The Labute approximate surface area is 196 Å². The highest BCUT2D eigenvalue weighted by atomic mass is 19.1. The minimum Gasteiger partial charge on any atom is -0.386 e. The van der Waals surface area contributed by atoms with E-state index in [9.17, 15) is 9.18 Å². The second kappa shape index (κ2) is 10.9. The highest BCUT2D eigenvalue weighted by molar-refractivity contribution is 5.85. The van der Waals surface area contributed by atoms with Crippen LogP contribution < -0.4 is 10.6 Å². The Morgan fingerprint density at radius 1 is 1.24 bits per heavy atom. The first-order chi connectivity index (χ1) is 16.6. The molecule has 178 valence electrons. The number of amides is 1. The van der Waals surface area contributed by atoms with Gasteiger partial charge in [-0.2, -0.15) is 5.10 Å². The molecule has 0 spiro atoms. The summed E-state index contributed by atoms with van der Waals surface area (Å²) in [6.07, 6.45) is 2.18. The van der Waals surface area contributed by atoms with Crippen LogP contribution in [0.1, 0.15) is 11.1 Å². The minimum atomic E-state index is -0.192. The third-order valence-corrected chi connectivity index (χ3v) is 5.62. The van der Waals surface area contributed by atoms with Crippen molar-refractivity contribution in [2.75, 3.05) is 44.0 Å². The van der Waals surface area contributed by atoms with Gasteiger partial charge in [-0.3, -0.25) is 14.8 Å². The maximum atomic E-state index is 12.8. The number of H-pyrrole nitrogens is 2. The number of morpholine rings is 1. The molecule has 4 N–H and O–H groups in total. The van der Waals surface area contributed by atoms with Crippen molar-refractivity contribution < 1.29 is 13.9 Å². The number of aryl methyl sites for hydroxylation is 1. The average molecular weight is 466 g/mol. The number of aromatic nitrogens is 4. The zero-order valence-electron chi connectivity index (χ0n) is 19.2. The Hall–Kier alpha value is -3.76. The number of para-hydroxylation sites is 1. The molecule has 34 heavy (non-hydrogen) atoms. The number of nitrogens with zero attached hydrogens (tertiary/aromatic N) is 3. The number of aromatic amines is 2. The van der Waals surface area contributed by atoms with Crippen molar-refractivity contribution in [2.24, 2.45) is 0 Å². The predicted molar refractivity (Wildman–Crippen MR) is 130 cm³/mol. The summed E-state index contributed by atoms with van der Waals surface area (Å²) in [6.45, 7) is 6.28. The van der Waals surface area contributed by atoms with E-state index in [0.717, 1.165) is 49.4 Å². The van der Waals surface area contributed by atoms with Gasteiger partial charge in [-0.15, -0.1) is 0 Å². The van der Waals surface area contributed by atoms with Gasteiger partial charge in [0.1, 0.15) is 11.5 Å². The quantitative estimate of drug-likeness (QED) is 0.324. The van der Waals surface area contributed by atoms with Crippen molar-refractivity contribution in [3.63, 3.8) is 0 Å². The molecule has 10 heteroatoms. The molecule has 1 aliphatic rings. The number of imidazole rings is 1. The van der Waals surface area contributed by atoms with Gasteiger partial charge in [-0.1, -0.05) is 18.2 Å². The van der Waals surface area contributed by atoms with Crippen LogP contribution in [0.2, 0.25) is 0 Å². The molecule has 2 aromatic carbocycles. The number of ether oxygens (including phenoxy) is 1. The van der Waals surface area contributed by atoms with Crippen LogP contribution in [0.3, 0.4) is 0 Å². The molecule has 2 aromatic heterocycles. The maximum absolute atomic E-state index is 12.8. The summed E-state index contributed by atoms with van der Waals surface area (Å²) >= 11 is 0. The van der Waals surface area contributed by atoms with E-state index in [1.165, 1.54) is 11.6 Å². The number of carbonyl (C=O) groups is 1. The molecule has 0 atom stereocenters. The molecular formula is C24H28FN7O2. The lowest BCUT2D eigenvalue weighted by atomic mass is 10.2. The molecular weight excluding hydrogens is 437 g/mol. The van der Waals surface area contributed by atoms with Crippen LogP contribution in [-0.4, -0.2) is 64.8 Å². The number of anilines is 2. The molecule has 0 unspecified atom stereocenters. The van der Waals surface area contributed by atoms with Gasteiger partial charge in [0.15, 0.2) is 5.82 Å². The van der Waals surface area contributed by atoms with Gasteiger partial charge in [0.25, 0.3) is 0 Å². The number of benzene rings is 2. The smallest absolute Gasteiger partial charge is 0.211 e. The number of fused-ring (bicyclic) bond motifs is 1. The number of halogens is 1. The van der Waals surface area contributed by atoms with Gasteiger partial charge in [-0.25, -0.2) is 9.37 Å². The normalized spacial score (nSPS) is 13.9. The molecule has 3 heterocycles. The Morgan fingerprint density at radius 3 is 2.76 bits per heavy atom. The van der Waals surface area contributed by atoms with Gasteiger partial charge in [0, 0.05) is 26.7 Å². The summed E-state index contributed by atoms with van der Waals surface area (Å²) in [4.78, 5) is 20.9. The van der Waals surface area contributed by atoms with E-state index in [2.05, 4.69) is 47.8 Å². The molecule has 0 aliphatic carbocycles. The lowest BCUT2D eigenvalue weighted by Crippen LogP contribution is -2.35. The lowest BCUT2D eigenvalue weighted by molar-refractivity contribution is -0.105. The molecule has 0 bridgehead atoms. The Bertz CT molecular complexity index is 1230. The first-order valence-electron chi connectivity index (χ1n) is 11.0. The minimum absolute atomic E-state index is 0.192. The molecule has 4 aromatic rings. The highest BCUT2D eigenvalue weighted by Gasteiger charge is 2.14. The summed E-state index contributed by atoms with van der Waals surface area (Å²) < 4.78 is 18.2. The Morgan fingerprint density at radius 2 is 2.06 bits per heavy atom. The fraction of sp³-hybridized carbons (Fsp3) is 0.292. The highest BCUT2D eigenvalue weighted by Crippen LogP contribution is 2.25. The van der Waals surface area contributed by atoms with Crippen LogP contribution >= 0.6 is 0 Å². The van der Waals surface area contributed by atoms with Gasteiger partial charge >= 0.3 is 0 Å². The SMILES string of the molecule is CNc1c(C)cccc1F.O=CNc1cn[nH]c1-c1nc2ccc(CN3CCOCC3)cc2[nH]1. The van der Waals surface area contributed by atoms with Crippen LogP contribution in [0.15, 0.2) is 42.6 Å². The zero-order valence-corrected chi connectivity index (χ0v) is 19.2. The number of rotatable bonds is 6. The first kappa shape index (κ1) is 23.4. The van der Waals surface area contributed by atoms with Crippen LogP contribution in [0.25, 0.3) is 22.6 Å². The predicted octanol–water partition coefficient (Wildman–Crippen LogP) is 3.53. The van der Waals surface area contributed by atoms with Gasteiger partial charge in [0.2, 0.25) is 6.41 Å². The van der Waals surface area contributed by atoms with Crippen LogP contribution in [0.4, 0.5) is 15.8 Å². The molecule has 5 rings (SSSR count). The van der Waals surface area contributed by atoms with Crippen molar-refractivity contribution in [3.8, 4) is 11.5 Å². The average Bonchev–Trinajstić information content (AvgIpc) is 3.47. The number of hydrogen-bond acceptors (Lipinski definition) is 6. The van der Waals surface area contributed by atoms with Crippen LogP contribution in [-0.2, 0) is 16.1 Å². The maximum Gasteiger partial charge on any atom is 0.211 e. The van der Waals surface area contributed by atoms with Gasteiger partial charge in [-0.05, 0) is 36.2 Å². The number of hydrogen-bond donors (Lipinski definition) is 4. The van der Waals surface area contributed by atoms with E-state index in [1.807, 2.05) is 19.1 Å². The topological polar surface area (TPSA) is 111 Å². The van der Waals surface area contributed by atoms with Crippen molar-refractivity contribution in [1.29, 1.82) is 0 Å². The van der Waals surface area contributed by atoms with E-state index in [1.54, 1.807) is 19.3 Å². The first-order valence-corrected chi connectivity index (χ1v) is 11.0. The summed E-state index contributed by atoms with van der Waals surface area (Å²) in [6, 6.07) is 11.2. The third kappa shape index (κ3) is 5.41. The summed E-state index contributed by atoms with van der Waals surface area (Å²) in [7, 11) is 1.71. The van der Waals surface area contributed by atoms with Gasteiger partial charge in [0.05, 0.1) is 41.8 Å². The fourth-order valence-corrected chi connectivity index (χ4v) is 3.88.